The molecule has 182 valence electrons. The summed E-state index contributed by atoms with van der Waals surface area (Å²) in [7, 11) is 2.12. The van der Waals surface area contributed by atoms with E-state index in [2.05, 4.69) is 32.1 Å². The Balaban J connectivity index is 1.38. The summed E-state index contributed by atoms with van der Waals surface area (Å²) >= 11 is 5.92. The molecule has 1 saturated heterocycles. The number of halogens is 2. The highest BCUT2D eigenvalue weighted by atomic mass is 35.5. The van der Waals surface area contributed by atoms with Gasteiger partial charge < -0.3 is 19.9 Å². The average molecular weight is 497 g/mol. The van der Waals surface area contributed by atoms with Crippen molar-refractivity contribution in [2.45, 2.75) is 0 Å². The number of carbonyl (C=O) groups is 1. The van der Waals surface area contributed by atoms with Crippen molar-refractivity contribution in [1.29, 1.82) is 0 Å². The lowest BCUT2D eigenvalue weighted by Gasteiger charge is -2.31. The van der Waals surface area contributed by atoms with Crippen LogP contribution >= 0.6 is 11.6 Å². The molecule has 0 aliphatic carbocycles. The van der Waals surface area contributed by atoms with Gasteiger partial charge in [-0.3, -0.25) is 9.69 Å². The molecule has 3 heterocycles. The maximum absolute atomic E-state index is 13.6. The minimum Gasteiger partial charge on any atom is -0.489 e. The lowest BCUT2D eigenvalue weighted by Crippen LogP contribution is -2.44. The molecule has 1 aromatic heterocycles. The Morgan fingerprint density at radius 2 is 2.00 bits per heavy atom. The van der Waals surface area contributed by atoms with E-state index >= 15 is 0 Å². The number of aromatic nitrogens is 2. The Morgan fingerprint density at radius 3 is 2.80 bits per heavy atom. The summed E-state index contributed by atoms with van der Waals surface area (Å²) in [4.78, 5) is 28.2. The smallest absolute Gasteiger partial charge is 0.250 e. The number of hydrogen-bond acceptors (Lipinski definition) is 7. The summed E-state index contributed by atoms with van der Waals surface area (Å²) in [5.74, 6) is 0.522. The second kappa shape index (κ2) is 10.2. The fraction of sp³-hybridized carbons (Fsp3) is 0.320. The van der Waals surface area contributed by atoms with E-state index < -0.39 is 5.82 Å². The first-order valence-electron chi connectivity index (χ1n) is 11.5. The van der Waals surface area contributed by atoms with Gasteiger partial charge in [0.25, 0.3) is 5.91 Å². The van der Waals surface area contributed by atoms with E-state index in [1.54, 1.807) is 17.0 Å². The third kappa shape index (κ3) is 5.22. The molecule has 2 aliphatic heterocycles. The quantitative estimate of drug-likeness (QED) is 0.540. The highest BCUT2D eigenvalue weighted by molar-refractivity contribution is 6.31. The largest absolute Gasteiger partial charge is 0.489 e. The van der Waals surface area contributed by atoms with Crippen LogP contribution in [0.1, 0.15) is 0 Å². The van der Waals surface area contributed by atoms with Gasteiger partial charge in [-0.2, -0.15) is 0 Å². The van der Waals surface area contributed by atoms with Crippen molar-refractivity contribution in [3.63, 3.8) is 0 Å². The Bertz CT molecular complexity index is 1280. The predicted molar refractivity (Wildman–Crippen MR) is 135 cm³/mol. The summed E-state index contributed by atoms with van der Waals surface area (Å²) < 4.78 is 19.4. The van der Waals surface area contributed by atoms with Gasteiger partial charge in [-0.25, -0.2) is 14.4 Å². The molecule has 10 heteroatoms. The number of benzene rings is 2. The summed E-state index contributed by atoms with van der Waals surface area (Å²) in [6, 6.07) is 8.02. The van der Waals surface area contributed by atoms with Crippen molar-refractivity contribution in [2.75, 3.05) is 63.1 Å². The van der Waals surface area contributed by atoms with Crippen molar-refractivity contribution in [2.24, 2.45) is 0 Å². The normalized spacial score (nSPS) is 16.9. The first-order valence-corrected chi connectivity index (χ1v) is 11.9. The summed E-state index contributed by atoms with van der Waals surface area (Å²) in [6.07, 6.45) is 5.01. The van der Waals surface area contributed by atoms with Gasteiger partial charge in [0, 0.05) is 55.9 Å². The number of likely N-dealkylation sites (N-methyl/N-ethyl adjacent to an activating group) is 1. The first kappa shape index (κ1) is 23.5. The molecule has 0 unspecified atom stereocenters. The lowest BCUT2D eigenvalue weighted by atomic mass is 10.1. The van der Waals surface area contributed by atoms with E-state index in [0.29, 0.717) is 47.0 Å². The molecule has 5 rings (SSSR count). The lowest BCUT2D eigenvalue weighted by molar-refractivity contribution is -0.114. The molecule has 35 heavy (non-hydrogen) atoms. The summed E-state index contributed by atoms with van der Waals surface area (Å²) in [5.41, 5.74) is 1.91. The number of ether oxygens (including phenoxy) is 1. The average Bonchev–Trinajstić information content (AvgIpc) is 2.86. The zero-order chi connectivity index (χ0) is 24.4. The Morgan fingerprint density at radius 1 is 1.17 bits per heavy atom. The van der Waals surface area contributed by atoms with E-state index in [-0.39, 0.29) is 10.9 Å². The van der Waals surface area contributed by atoms with Gasteiger partial charge >= 0.3 is 0 Å². The molecule has 3 aromatic rings. The molecular formula is C25H26ClFN6O2. The monoisotopic (exact) mass is 496 g/mol. The van der Waals surface area contributed by atoms with Crippen molar-refractivity contribution >= 4 is 45.6 Å². The van der Waals surface area contributed by atoms with E-state index in [0.717, 1.165) is 32.7 Å². The molecule has 1 amide bonds. The van der Waals surface area contributed by atoms with Gasteiger partial charge in [-0.05, 0) is 31.3 Å². The molecule has 0 radical (unpaired) electrons. The minimum absolute atomic E-state index is 0.0132. The van der Waals surface area contributed by atoms with E-state index in [9.17, 15) is 9.18 Å². The Kier molecular flexibility index (Phi) is 6.81. The number of anilines is 3. The second-order valence-electron chi connectivity index (χ2n) is 8.66. The van der Waals surface area contributed by atoms with Crippen LogP contribution in [0.3, 0.4) is 0 Å². The third-order valence-corrected chi connectivity index (χ3v) is 6.54. The predicted octanol–water partition coefficient (Wildman–Crippen LogP) is 3.69. The Labute approximate surface area is 207 Å². The molecule has 2 aromatic carbocycles. The molecule has 0 bridgehead atoms. The molecule has 0 atom stereocenters. The topological polar surface area (TPSA) is 73.8 Å². The number of fused-ring (bicyclic) bond motifs is 2. The minimum atomic E-state index is -0.495. The number of nitrogens with one attached hydrogen (secondary N) is 1. The SMILES string of the molecule is CN1CCN(C/C=C/C(=O)N2CCOc3cc4ncnc(Nc5ccc(F)c(Cl)c5)c4cc32)CC1. The van der Waals surface area contributed by atoms with Crippen LogP contribution in [-0.4, -0.2) is 78.6 Å². The van der Waals surface area contributed by atoms with Crippen molar-refractivity contribution in [3.8, 4) is 5.75 Å². The maximum Gasteiger partial charge on any atom is 0.250 e. The summed E-state index contributed by atoms with van der Waals surface area (Å²) in [5, 5.41) is 3.89. The van der Waals surface area contributed by atoms with Crippen molar-refractivity contribution in [3.05, 3.63) is 59.7 Å². The van der Waals surface area contributed by atoms with Crippen LogP contribution in [0.25, 0.3) is 10.9 Å². The van der Waals surface area contributed by atoms with E-state index in [1.807, 2.05) is 18.2 Å². The number of carbonyl (C=O) groups excluding carboxylic acids is 1. The van der Waals surface area contributed by atoms with Gasteiger partial charge in [0.1, 0.15) is 30.3 Å². The number of amides is 1. The molecule has 2 aliphatic rings. The molecule has 0 spiro atoms. The molecular weight excluding hydrogens is 471 g/mol. The van der Waals surface area contributed by atoms with E-state index in [1.165, 1.54) is 18.5 Å². The van der Waals surface area contributed by atoms with Crippen LogP contribution in [0.15, 0.2) is 48.8 Å². The van der Waals surface area contributed by atoms with Crippen LogP contribution in [0.2, 0.25) is 5.02 Å². The molecule has 1 fully saturated rings. The van der Waals surface area contributed by atoms with Crippen molar-refractivity contribution < 1.29 is 13.9 Å². The zero-order valence-corrected chi connectivity index (χ0v) is 20.1. The van der Waals surface area contributed by atoms with Crippen LogP contribution in [0, 0.1) is 5.82 Å². The molecule has 1 N–H and O–H groups in total. The molecule has 8 nitrogen and oxygen atoms in total. The van der Waals surface area contributed by atoms with Gasteiger partial charge in [0.05, 0.1) is 22.8 Å². The number of hydrogen-bond donors (Lipinski definition) is 1. The number of nitrogens with zero attached hydrogens (tertiary/aromatic N) is 5. The number of piperazine rings is 1. The Hall–Kier alpha value is -3.27. The fourth-order valence-corrected chi connectivity index (χ4v) is 4.41. The third-order valence-electron chi connectivity index (χ3n) is 6.25. The number of rotatable bonds is 5. The van der Waals surface area contributed by atoms with Crippen molar-refractivity contribution in [1.82, 2.24) is 19.8 Å². The van der Waals surface area contributed by atoms with Crippen LogP contribution in [0.4, 0.5) is 21.6 Å². The van der Waals surface area contributed by atoms with Gasteiger partial charge in [0.15, 0.2) is 0 Å². The highest BCUT2D eigenvalue weighted by Gasteiger charge is 2.24. The van der Waals surface area contributed by atoms with E-state index in [4.69, 9.17) is 16.3 Å². The second-order valence-corrected chi connectivity index (χ2v) is 9.07. The zero-order valence-electron chi connectivity index (χ0n) is 19.4. The first-order chi connectivity index (χ1) is 17.0. The van der Waals surface area contributed by atoms with Crippen LogP contribution in [-0.2, 0) is 4.79 Å². The maximum atomic E-state index is 13.6. The fourth-order valence-electron chi connectivity index (χ4n) is 4.23. The van der Waals surface area contributed by atoms with Gasteiger partial charge in [-0.1, -0.05) is 17.7 Å². The van der Waals surface area contributed by atoms with Gasteiger partial charge in [0.2, 0.25) is 0 Å². The van der Waals surface area contributed by atoms with Gasteiger partial charge in [-0.15, -0.1) is 0 Å². The van der Waals surface area contributed by atoms with Crippen LogP contribution in [0.5, 0.6) is 5.75 Å². The summed E-state index contributed by atoms with van der Waals surface area (Å²) in [6.45, 7) is 5.66. The highest BCUT2D eigenvalue weighted by Crippen LogP contribution is 2.37. The molecule has 0 saturated carbocycles. The van der Waals surface area contributed by atoms with Crippen LogP contribution < -0.4 is 15.0 Å². The standard InChI is InChI=1S/C25H26ClFN6O2/c1-31-7-9-32(10-8-31)6-2-3-24(34)33-11-12-35-23-15-21-18(14-22(23)33)25(29-16-28-21)30-17-4-5-20(27)19(26)13-17/h2-5,13-16H,6-12H2,1H3,(H,28,29,30)/b3-2+.